The van der Waals surface area contributed by atoms with E-state index in [-0.39, 0.29) is 34.7 Å². The van der Waals surface area contributed by atoms with E-state index in [1.807, 2.05) is 13.8 Å². The van der Waals surface area contributed by atoms with Gasteiger partial charge in [0.05, 0.1) is 30.3 Å². The Morgan fingerprint density at radius 1 is 1.43 bits per heavy atom. The molecule has 1 aliphatic heterocycles. The molecule has 2 aliphatic rings. The van der Waals surface area contributed by atoms with Gasteiger partial charge in [0.1, 0.15) is 11.9 Å². The van der Waals surface area contributed by atoms with Crippen molar-refractivity contribution in [1.82, 2.24) is 4.57 Å². The molecule has 1 aromatic heterocycles. The van der Waals surface area contributed by atoms with E-state index in [9.17, 15) is 14.0 Å². The number of carbonyl (C=O) groups is 1. The highest BCUT2D eigenvalue weighted by Gasteiger charge is 2.43. The van der Waals surface area contributed by atoms with Gasteiger partial charge in [0.2, 0.25) is 5.43 Å². The minimum Gasteiger partial charge on any atom is -0.492 e. The summed E-state index contributed by atoms with van der Waals surface area (Å²) in [7, 11) is 1.34. The number of ether oxygens (including phenoxy) is 2. The number of carboxylic acid groups (broad SMARTS) is 1. The van der Waals surface area contributed by atoms with Crippen molar-refractivity contribution >= 4 is 22.7 Å². The lowest BCUT2D eigenvalue weighted by atomic mass is 9.92. The number of pyridine rings is 1. The predicted octanol–water partition coefficient (Wildman–Crippen LogP) is 2.66. The van der Waals surface area contributed by atoms with E-state index < -0.39 is 40.9 Å². The van der Waals surface area contributed by atoms with Crippen LogP contribution >= 0.6 is 0 Å². The molecule has 30 heavy (non-hydrogen) atoms. The van der Waals surface area contributed by atoms with Crippen LogP contribution < -0.4 is 25.5 Å². The van der Waals surface area contributed by atoms with Crippen molar-refractivity contribution in [2.75, 3.05) is 25.1 Å². The van der Waals surface area contributed by atoms with E-state index in [1.165, 1.54) is 11.7 Å². The molecule has 1 saturated carbocycles. The SMILES string of the molecule is COc1c(N2CC(C)C(C)(N)C2)c(F)cc2c(=O)c(OC(=O)O)cn([C@@H]3C[C@@H]3F)c12. The van der Waals surface area contributed by atoms with Gasteiger partial charge in [0.25, 0.3) is 0 Å². The third kappa shape index (κ3) is 3.15. The number of halogens is 2. The normalized spacial score (nSPS) is 28.1. The van der Waals surface area contributed by atoms with Crippen molar-refractivity contribution in [3.63, 3.8) is 0 Å². The third-order valence-electron chi connectivity index (χ3n) is 6.07. The summed E-state index contributed by atoms with van der Waals surface area (Å²) in [5.74, 6) is -1.09. The molecule has 8 nitrogen and oxygen atoms in total. The molecule has 2 heterocycles. The number of fused-ring (bicyclic) bond motifs is 1. The van der Waals surface area contributed by atoms with Gasteiger partial charge in [-0.2, -0.15) is 0 Å². The number of alkyl halides is 1. The van der Waals surface area contributed by atoms with E-state index in [4.69, 9.17) is 15.6 Å². The van der Waals surface area contributed by atoms with Crippen LogP contribution in [0.15, 0.2) is 17.1 Å². The lowest BCUT2D eigenvalue weighted by Gasteiger charge is -2.26. The minimum atomic E-state index is -1.69. The summed E-state index contributed by atoms with van der Waals surface area (Å²) in [4.78, 5) is 25.5. The molecule has 2 unspecified atom stereocenters. The first-order valence-electron chi connectivity index (χ1n) is 9.59. The number of aromatic nitrogens is 1. The molecule has 0 bridgehead atoms. The maximum atomic E-state index is 15.3. The number of rotatable bonds is 4. The third-order valence-corrected chi connectivity index (χ3v) is 6.07. The summed E-state index contributed by atoms with van der Waals surface area (Å²) in [5.41, 5.74) is 5.29. The summed E-state index contributed by atoms with van der Waals surface area (Å²) in [6, 6.07) is 0.390. The summed E-state index contributed by atoms with van der Waals surface area (Å²) in [6.07, 6.45) is -1.54. The second-order valence-electron chi connectivity index (χ2n) is 8.34. The molecule has 3 N–H and O–H groups in total. The summed E-state index contributed by atoms with van der Waals surface area (Å²) in [5, 5.41) is 8.77. The first kappa shape index (κ1) is 20.4. The first-order valence-corrected chi connectivity index (χ1v) is 9.59. The van der Waals surface area contributed by atoms with Crippen LogP contribution in [0.25, 0.3) is 10.9 Å². The lowest BCUT2D eigenvalue weighted by Crippen LogP contribution is -2.43. The summed E-state index contributed by atoms with van der Waals surface area (Å²) < 4.78 is 40.7. The quantitative estimate of drug-likeness (QED) is 0.728. The highest BCUT2D eigenvalue weighted by atomic mass is 19.1. The van der Waals surface area contributed by atoms with Gasteiger partial charge in [-0.1, -0.05) is 6.92 Å². The monoisotopic (exact) mass is 423 g/mol. The molecule has 4 atom stereocenters. The highest BCUT2D eigenvalue weighted by Crippen LogP contribution is 2.46. The Kier molecular flexibility index (Phi) is 4.64. The molecule has 162 valence electrons. The first-order chi connectivity index (χ1) is 14.0. The Morgan fingerprint density at radius 3 is 2.60 bits per heavy atom. The number of hydrogen-bond acceptors (Lipinski definition) is 6. The van der Waals surface area contributed by atoms with Gasteiger partial charge in [0, 0.05) is 25.0 Å². The molecule has 2 fully saturated rings. The zero-order valence-corrected chi connectivity index (χ0v) is 16.8. The summed E-state index contributed by atoms with van der Waals surface area (Å²) in [6.45, 7) is 4.69. The van der Waals surface area contributed by atoms with Gasteiger partial charge in [-0.3, -0.25) is 4.79 Å². The molecule has 1 aliphatic carbocycles. The van der Waals surface area contributed by atoms with E-state index >= 15 is 4.39 Å². The van der Waals surface area contributed by atoms with Crippen LogP contribution in [0.4, 0.5) is 19.3 Å². The summed E-state index contributed by atoms with van der Waals surface area (Å²) >= 11 is 0. The largest absolute Gasteiger partial charge is 0.511 e. The second-order valence-corrected chi connectivity index (χ2v) is 8.34. The van der Waals surface area contributed by atoms with Crippen LogP contribution in [-0.2, 0) is 0 Å². The molecule has 4 rings (SSSR count). The number of benzene rings is 1. The average molecular weight is 423 g/mol. The zero-order valence-electron chi connectivity index (χ0n) is 16.8. The lowest BCUT2D eigenvalue weighted by molar-refractivity contribution is 0.143. The minimum absolute atomic E-state index is 0.0736. The number of nitrogens with two attached hydrogens (primary N) is 1. The fourth-order valence-electron chi connectivity index (χ4n) is 4.12. The fourth-order valence-corrected chi connectivity index (χ4v) is 4.12. The zero-order chi connectivity index (χ0) is 22.0. The maximum absolute atomic E-state index is 15.3. The van der Waals surface area contributed by atoms with E-state index in [0.29, 0.717) is 13.1 Å². The molecule has 1 saturated heterocycles. The van der Waals surface area contributed by atoms with Crippen LogP contribution in [0.5, 0.6) is 11.5 Å². The van der Waals surface area contributed by atoms with Gasteiger partial charge in [0.15, 0.2) is 17.3 Å². The van der Waals surface area contributed by atoms with Crippen molar-refractivity contribution in [1.29, 1.82) is 0 Å². The fraction of sp³-hybridized carbons (Fsp3) is 0.500. The van der Waals surface area contributed by atoms with E-state index in [1.54, 1.807) is 4.90 Å². The Hall–Kier alpha value is -2.88. The van der Waals surface area contributed by atoms with Gasteiger partial charge >= 0.3 is 6.16 Å². The number of methoxy groups -OCH3 is 1. The van der Waals surface area contributed by atoms with Gasteiger partial charge in [-0.05, 0) is 18.9 Å². The topological polar surface area (TPSA) is 107 Å². The van der Waals surface area contributed by atoms with Crippen LogP contribution in [-0.4, -0.2) is 47.7 Å². The second kappa shape index (κ2) is 6.83. The molecule has 0 spiro atoms. The van der Waals surface area contributed by atoms with Crippen LogP contribution in [0.3, 0.4) is 0 Å². The van der Waals surface area contributed by atoms with Crippen LogP contribution in [0, 0.1) is 11.7 Å². The Labute approximate surface area is 170 Å². The van der Waals surface area contributed by atoms with Crippen molar-refractivity contribution in [2.24, 2.45) is 11.7 Å². The Balaban J connectivity index is 2.00. The molecule has 0 amide bonds. The molecular formula is C20H23F2N3O5. The highest BCUT2D eigenvalue weighted by molar-refractivity contribution is 5.92. The van der Waals surface area contributed by atoms with Crippen LogP contribution in [0.1, 0.15) is 26.3 Å². The molecule has 0 radical (unpaired) electrons. The van der Waals surface area contributed by atoms with Crippen LogP contribution in [0.2, 0.25) is 0 Å². The number of anilines is 1. The maximum Gasteiger partial charge on any atom is 0.511 e. The number of nitrogens with zero attached hydrogens (tertiary/aromatic N) is 2. The van der Waals surface area contributed by atoms with Gasteiger partial charge < -0.3 is 29.8 Å². The predicted molar refractivity (Wildman–Crippen MR) is 106 cm³/mol. The van der Waals surface area contributed by atoms with Gasteiger partial charge in [-0.15, -0.1) is 0 Å². The average Bonchev–Trinajstić information content (AvgIpc) is 3.31. The standard InChI is InChI=1S/C20H23F2N3O5/c1-9-6-24(8-20(9,2)23)16-12(22)4-10-15(18(16)29-3)25(13-5-11(13)21)7-14(17(10)26)30-19(27)28/h4,7,9,11,13H,5-6,8,23H2,1-3H3,(H,27,28)/t9?,11-,13+,20?/m0/s1. The van der Waals surface area contributed by atoms with Crippen molar-refractivity contribution in [3.8, 4) is 11.5 Å². The van der Waals surface area contributed by atoms with E-state index in [0.717, 1.165) is 12.3 Å². The molecule has 10 heteroatoms. The number of hydrogen-bond donors (Lipinski definition) is 2. The van der Waals surface area contributed by atoms with Crippen molar-refractivity contribution in [3.05, 3.63) is 28.3 Å². The van der Waals surface area contributed by atoms with Crippen molar-refractivity contribution < 1.29 is 28.2 Å². The smallest absolute Gasteiger partial charge is 0.492 e. The Morgan fingerprint density at radius 2 is 2.10 bits per heavy atom. The van der Waals surface area contributed by atoms with E-state index in [2.05, 4.69) is 4.74 Å². The molecular weight excluding hydrogens is 400 g/mol. The molecule has 2 aromatic rings. The van der Waals surface area contributed by atoms with Crippen molar-refractivity contribution in [2.45, 2.75) is 38.0 Å². The van der Waals surface area contributed by atoms with Gasteiger partial charge in [-0.25, -0.2) is 13.6 Å². The Bertz CT molecular complexity index is 1100. The molecule has 1 aromatic carbocycles.